The molecule has 1 aliphatic rings. The second-order valence-corrected chi connectivity index (χ2v) is 2.55. The first-order chi connectivity index (χ1) is 5.11. The molecule has 0 fully saturated rings. The molecule has 0 unspecified atom stereocenters. The van der Waals surface area contributed by atoms with E-state index in [9.17, 15) is 9.59 Å². The van der Waals surface area contributed by atoms with Gasteiger partial charge >= 0.3 is 6.03 Å². The molecule has 0 aromatic carbocycles. The maximum atomic E-state index is 10.9. The van der Waals surface area contributed by atoms with Crippen molar-refractivity contribution >= 4 is 11.9 Å². The standard InChI is InChI=1S/C7H9N2O2/c1-5(2)9-4-3-6(10)8-7(9)11/h3-5H,1-2H3. The predicted molar refractivity (Wildman–Crippen MR) is 38.7 cm³/mol. The first-order valence-corrected chi connectivity index (χ1v) is 3.37. The fraction of sp³-hybridized carbons (Fsp3) is 0.429. The minimum atomic E-state index is -0.480. The fourth-order valence-corrected chi connectivity index (χ4v) is 0.790. The molecular weight excluding hydrogens is 144 g/mol. The number of imide groups is 1. The highest BCUT2D eigenvalue weighted by Gasteiger charge is 2.21. The van der Waals surface area contributed by atoms with Gasteiger partial charge in [0.1, 0.15) is 0 Å². The molecule has 0 N–H and O–H groups in total. The first kappa shape index (κ1) is 7.78. The van der Waals surface area contributed by atoms with Crippen LogP contribution in [-0.2, 0) is 4.79 Å². The molecule has 0 saturated heterocycles. The lowest BCUT2D eigenvalue weighted by Gasteiger charge is -2.23. The number of urea groups is 1. The second kappa shape index (κ2) is 2.74. The molecule has 4 heteroatoms. The number of rotatable bonds is 1. The number of hydrogen-bond donors (Lipinski definition) is 0. The number of carbonyl (C=O) groups is 2. The lowest BCUT2D eigenvalue weighted by Crippen LogP contribution is -2.41. The van der Waals surface area contributed by atoms with E-state index in [0.29, 0.717) is 0 Å². The minimum absolute atomic E-state index is 0.0515. The molecule has 4 nitrogen and oxygen atoms in total. The van der Waals surface area contributed by atoms with Gasteiger partial charge in [-0.3, -0.25) is 9.69 Å². The van der Waals surface area contributed by atoms with Gasteiger partial charge in [-0.15, -0.1) is 0 Å². The lowest BCUT2D eigenvalue weighted by atomic mass is 10.3. The Labute approximate surface area is 64.9 Å². The molecule has 0 spiro atoms. The Bertz CT molecular complexity index is 220. The van der Waals surface area contributed by atoms with Crippen molar-refractivity contribution in [1.29, 1.82) is 0 Å². The van der Waals surface area contributed by atoms with Gasteiger partial charge in [-0.25, -0.2) is 4.79 Å². The van der Waals surface area contributed by atoms with Gasteiger partial charge in [-0.1, -0.05) is 0 Å². The highest BCUT2D eigenvalue weighted by atomic mass is 16.2. The molecule has 3 amide bonds. The van der Waals surface area contributed by atoms with Gasteiger partial charge in [-0.05, 0) is 13.8 Å². The molecular formula is C7H9N2O2. The van der Waals surface area contributed by atoms with Crippen LogP contribution < -0.4 is 5.32 Å². The zero-order chi connectivity index (χ0) is 8.43. The highest BCUT2D eigenvalue weighted by molar-refractivity contribution is 6.02. The van der Waals surface area contributed by atoms with Crippen LogP contribution in [0.25, 0.3) is 0 Å². The molecule has 59 valence electrons. The smallest absolute Gasteiger partial charge is 0.296 e. The summed E-state index contributed by atoms with van der Waals surface area (Å²) >= 11 is 0. The zero-order valence-corrected chi connectivity index (χ0v) is 6.44. The fourth-order valence-electron chi connectivity index (χ4n) is 0.790. The maximum Gasteiger partial charge on any atom is 0.351 e. The monoisotopic (exact) mass is 153 g/mol. The average Bonchev–Trinajstić information content (AvgIpc) is 1.85. The van der Waals surface area contributed by atoms with Gasteiger partial charge in [0.2, 0.25) is 0 Å². The molecule has 0 aromatic rings. The van der Waals surface area contributed by atoms with Crippen LogP contribution >= 0.6 is 0 Å². The molecule has 0 saturated carbocycles. The lowest BCUT2D eigenvalue weighted by molar-refractivity contribution is -0.116. The van der Waals surface area contributed by atoms with Gasteiger partial charge in [0.05, 0.1) is 0 Å². The molecule has 11 heavy (non-hydrogen) atoms. The molecule has 0 bridgehead atoms. The van der Waals surface area contributed by atoms with Crippen LogP contribution in [-0.4, -0.2) is 22.9 Å². The van der Waals surface area contributed by atoms with Gasteiger partial charge in [0.25, 0.3) is 5.91 Å². The first-order valence-electron chi connectivity index (χ1n) is 3.37. The highest BCUT2D eigenvalue weighted by Crippen LogP contribution is 2.04. The summed E-state index contributed by atoms with van der Waals surface area (Å²) < 4.78 is 0. The Morgan fingerprint density at radius 3 is 2.55 bits per heavy atom. The second-order valence-electron chi connectivity index (χ2n) is 2.55. The molecule has 1 radical (unpaired) electrons. The number of amides is 3. The van der Waals surface area contributed by atoms with Crippen molar-refractivity contribution in [3.8, 4) is 0 Å². The Balaban J connectivity index is 2.76. The summed E-state index contributed by atoms with van der Waals surface area (Å²) in [4.78, 5) is 22.9. The van der Waals surface area contributed by atoms with Crippen LogP contribution in [0, 0.1) is 0 Å². The summed E-state index contributed by atoms with van der Waals surface area (Å²) in [6.45, 7) is 3.71. The van der Waals surface area contributed by atoms with E-state index in [1.807, 2.05) is 13.8 Å². The van der Waals surface area contributed by atoms with E-state index in [1.165, 1.54) is 17.2 Å². The molecule has 1 heterocycles. The SMILES string of the molecule is CC(C)N1C=CC(=O)[N]C1=O. The van der Waals surface area contributed by atoms with Crippen LogP contribution in [0.5, 0.6) is 0 Å². The largest absolute Gasteiger partial charge is 0.351 e. The Morgan fingerprint density at radius 2 is 2.09 bits per heavy atom. The third-order valence-electron chi connectivity index (χ3n) is 1.36. The average molecular weight is 153 g/mol. The Morgan fingerprint density at radius 1 is 1.45 bits per heavy atom. The van der Waals surface area contributed by atoms with E-state index in [-0.39, 0.29) is 6.04 Å². The molecule has 0 atom stereocenters. The predicted octanol–water partition coefficient (Wildman–Crippen LogP) is 0.475. The van der Waals surface area contributed by atoms with Crippen LogP contribution in [0.15, 0.2) is 12.3 Å². The van der Waals surface area contributed by atoms with Crippen molar-refractivity contribution in [2.45, 2.75) is 19.9 Å². The summed E-state index contributed by atoms with van der Waals surface area (Å²) in [7, 11) is 0. The van der Waals surface area contributed by atoms with Crippen LogP contribution in [0.3, 0.4) is 0 Å². The molecule has 0 aromatic heterocycles. The quantitative estimate of drug-likeness (QED) is 0.550. The number of hydrogen-bond acceptors (Lipinski definition) is 2. The Kier molecular flexibility index (Phi) is 1.94. The van der Waals surface area contributed by atoms with E-state index in [0.717, 1.165) is 0 Å². The third kappa shape index (κ3) is 1.58. The molecule has 0 aliphatic carbocycles. The third-order valence-corrected chi connectivity index (χ3v) is 1.36. The summed E-state index contributed by atoms with van der Waals surface area (Å²) in [6.07, 6.45) is 2.74. The van der Waals surface area contributed by atoms with Gasteiger partial charge in [-0.2, -0.15) is 5.32 Å². The van der Waals surface area contributed by atoms with Gasteiger partial charge < -0.3 is 0 Å². The number of nitrogens with zero attached hydrogens (tertiary/aromatic N) is 2. The van der Waals surface area contributed by atoms with Crippen molar-refractivity contribution in [3.05, 3.63) is 12.3 Å². The van der Waals surface area contributed by atoms with E-state index in [2.05, 4.69) is 5.32 Å². The Hall–Kier alpha value is -1.32. The number of carbonyl (C=O) groups excluding carboxylic acids is 2. The maximum absolute atomic E-state index is 10.9. The van der Waals surface area contributed by atoms with Crippen molar-refractivity contribution in [2.24, 2.45) is 0 Å². The molecule has 1 rings (SSSR count). The van der Waals surface area contributed by atoms with E-state index < -0.39 is 11.9 Å². The van der Waals surface area contributed by atoms with E-state index >= 15 is 0 Å². The normalized spacial score (nSPS) is 17.5. The van der Waals surface area contributed by atoms with Gasteiger partial charge in [0.15, 0.2) is 0 Å². The van der Waals surface area contributed by atoms with Crippen molar-refractivity contribution in [1.82, 2.24) is 10.2 Å². The van der Waals surface area contributed by atoms with Crippen LogP contribution in [0.2, 0.25) is 0 Å². The van der Waals surface area contributed by atoms with Crippen molar-refractivity contribution in [3.63, 3.8) is 0 Å². The van der Waals surface area contributed by atoms with E-state index in [1.54, 1.807) is 0 Å². The zero-order valence-electron chi connectivity index (χ0n) is 6.44. The summed E-state index contributed by atoms with van der Waals surface area (Å²) in [5.41, 5.74) is 0. The minimum Gasteiger partial charge on any atom is -0.296 e. The topological polar surface area (TPSA) is 51.5 Å². The summed E-state index contributed by atoms with van der Waals surface area (Å²) in [6, 6.07) is -0.428. The van der Waals surface area contributed by atoms with Crippen molar-refractivity contribution < 1.29 is 9.59 Å². The van der Waals surface area contributed by atoms with Crippen LogP contribution in [0.4, 0.5) is 4.79 Å². The van der Waals surface area contributed by atoms with E-state index in [4.69, 9.17) is 0 Å². The summed E-state index contributed by atoms with van der Waals surface area (Å²) in [5, 5.41) is 3.25. The van der Waals surface area contributed by atoms with Crippen molar-refractivity contribution in [2.75, 3.05) is 0 Å². The van der Waals surface area contributed by atoms with Gasteiger partial charge in [0, 0.05) is 18.3 Å². The molecule has 1 aliphatic heterocycles. The summed E-state index contributed by atoms with van der Waals surface area (Å²) in [5.74, 6) is -0.480. The van der Waals surface area contributed by atoms with Crippen LogP contribution in [0.1, 0.15) is 13.8 Å².